The van der Waals surface area contributed by atoms with E-state index in [2.05, 4.69) is 0 Å². The smallest absolute Gasteiger partial charge is 0.195 e. The van der Waals surface area contributed by atoms with Gasteiger partial charge < -0.3 is 13.9 Å². The normalized spacial score (nSPS) is 10.6. The number of benzene rings is 1. The maximum absolute atomic E-state index is 11.4. The van der Waals surface area contributed by atoms with Crippen molar-refractivity contribution < 1.29 is 18.7 Å². The molecular formula is C13H14O4. The second-order valence-electron chi connectivity index (χ2n) is 3.82. The second-order valence-corrected chi connectivity index (χ2v) is 3.82. The van der Waals surface area contributed by atoms with Gasteiger partial charge in [-0.15, -0.1) is 0 Å². The van der Waals surface area contributed by atoms with E-state index in [1.54, 1.807) is 26.4 Å². The zero-order valence-electron chi connectivity index (χ0n) is 10.3. The Morgan fingerprint density at radius 1 is 1.24 bits per heavy atom. The van der Waals surface area contributed by atoms with E-state index in [4.69, 9.17) is 13.9 Å². The predicted octanol–water partition coefficient (Wildman–Crippen LogP) is 2.96. The molecule has 90 valence electrons. The minimum absolute atomic E-state index is 0.0975. The maximum atomic E-state index is 11.4. The van der Waals surface area contributed by atoms with Gasteiger partial charge in [0.25, 0.3) is 0 Å². The molecule has 0 fully saturated rings. The minimum Gasteiger partial charge on any atom is -0.496 e. The van der Waals surface area contributed by atoms with E-state index < -0.39 is 0 Å². The van der Waals surface area contributed by atoms with Crippen molar-refractivity contribution in [2.45, 2.75) is 13.8 Å². The Morgan fingerprint density at radius 2 is 1.94 bits per heavy atom. The maximum Gasteiger partial charge on any atom is 0.195 e. The van der Waals surface area contributed by atoms with Crippen LogP contribution in [-0.2, 0) is 0 Å². The molecule has 0 unspecified atom stereocenters. The molecule has 0 radical (unpaired) electrons. The third kappa shape index (κ3) is 1.75. The van der Waals surface area contributed by atoms with E-state index in [1.807, 2.05) is 6.92 Å². The Hall–Kier alpha value is -1.97. The van der Waals surface area contributed by atoms with E-state index in [-0.39, 0.29) is 5.78 Å². The lowest BCUT2D eigenvalue weighted by molar-refractivity contribution is 0.0988. The summed E-state index contributed by atoms with van der Waals surface area (Å²) in [6, 6.07) is 3.52. The molecule has 0 saturated heterocycles. The predicted molar refractivity (Wildman–Crippen MR) is 64.1 cm³/mol. The fourth-order valence-corrected chi connectivity index (χ4v) is 1.93. The molecule has 2 rings (SSSR count). The van der Waals surface area contributed by atoms with Crippen molar-refractivity contribution in [3.05, 3.63) is 23.5 Å². The zero-order valence-corrected chi connectivity index (χ0v) is 10.3. The highest BCUT2D eigenvalue weighted by Crippen LogP contribution is 2.36. The summed E-state index contributed by atoms with van der Waals surface area (Å²) in [5.41, 5.74) is 1.40. The lowest BCUT2D eigenvalue weighted by Crippen LogP contribution is -1.91. The quantitative estimate of drug-likeness (QED) is 0.766. The summed E-state index contributed by atoms with van der Waals surface area (Å²) in [5.74, 6) is 1.55. The van der Waals surface area contributed by atoms with Crippen LogP contribution in [0, 0.1) is 6.92 Å². The molecule has 0 aliphatic heterocycles. The molecule has 0 aliphatic rings. The summed E-state index contributed by atoms with van der Waals surface area (Å²) >= 11 is 0. The number of furan rings is 1. The van der Waals surface area contributed by atoms with Crippen molar-refractivity contribution in [2.75, 3.05) is 14.2 Å². The molecule has 4 nitrogen and oxygen atoms in total. The minimum atomic E-state index is -0.0975. The van der Waals surface area contributed by atoms with Crippen LogP contribution >= 0.6 is 0 Å². The Kier molecular flexibility index (Phi) is 2.79. The number of Topliss-reactive ketones (excluding diaryl/α,β-unsaturated/α-hetero) is 1. The van der Waals surface area contributed by atoms with E-state index >= 15 is 0 Å². The number of methoxy groups -OCH3 is 2. The van der Waals surface area contributed by atoms with Crippen molar-refractivity contribution in [1.82, 2.24) is 0 Å². The first kappa shape index (κ1) is 11.5. The summed E-state index contributed by atoms with van der Waals surface area (Å²) in [6.45, 7) is 3.33. The van der Waals surface area contributed by atoms with Crippen LogP contribution in [0.3, 0.4) is 0 Å². The van der Waals surface area contributed by atoms with Gasteiger partial charge in [-0.05, 0) is 6.92 Å². The van der Waals surface area contributed by atoms with Gasteiger partial charge in [-0.25, -0.2) is 0 Å². The largest absolute Gasteiger partial charge is 0.496 e. The Labute approximate surface area is 99.1 Å². The molecule has 0 saturated carbocycles. The third-order valence-corrected chi connectivity index (χ3v) is 2.74. The Bertz CT molecular complexity index is 581. The molecule has 0 amide bonds. The fourth-order valence-electron chi connectivity index (χ4n) is 1.93. The molecule has 1 aromatic heterocycles. The van der Waals surface area contributed by atoms with Gasteiger partial charge in [0.05, 0.1) is 19.6 Å². The van der Waals surface area contributed by atoms with Crippen molar-refractivity contribution in [1.29, 1.82) is 0 Å². The number of carbonyl (C=O) groups excluding carboxylic acids is 1. The van der Waals surface area contributed by atoms with Crippen LogP contribution in [0.4, 0.5) is 0 Å². The molecule has 2 aromatic rings. The molecule has 0 bridgehead atoms. The number of hydrogen-bond donors (Lipinski definition) is 0. The number of rotatable bonds is 3. The molecule has 0 aliphatic carbocycles. The van der Waals surface area contributed by atoms with Crippen LogP contribution in [0.25, 0.3) is 11.0 Å². The third-order valence-electron chi connectivity index (χ3n) is 2.74. The van der Waals surface area contributed by atoms with Gasteiger partial charge >= 0.3 is 0 Å². The number of ether oxygens (including phenoxy) is 2. The van der Waals surface area contributed by atoms with Crippen LogP contribution < -0.4 is 9.47 Å². The van der Waals surface area contributed by atoms with Gasteiger partial charge in [-0.3, -0.25) is 4.79 Å². The number of carbonyl (C=O) groups is 1. The van der Waals surface area contributed by atoms with Crippen molar-refractivity contribution >= 4 is 16.8 Å². The van der Waals surface area contributed by atoms with Crippen LogP contribution in [0.2, 0.25) is 0 Å². The molecule has 0 N–H and O–H groups in total. The van der Waals surface area contributed by atoms with Crippen molar-refractivity contribution in [3.63, 3.8) is 0 Å². The van der Waals surface area contributed by atoms with Gasteiger partial charge in [0, 0.05) is 24.6 Å². The average Bonchev–Trinajstić information content (AvgIpc) is 2.65. The van der Waals surface area contributed by atoms with E-state index in [0.29, 0.717) is 22.8 Å². The molecule has 1 aromatic carbocycles. The summed E-state index contributed by atoms with van der Waals surface area (Å²) in [5, 5.41) is 0.818. The lowest BCUT2D eigenvalue weighted by Gasteiger charge is -2.05. The molecule has 1 heterocycles. The van der Waals surface area contributed by atoms with E-state index in [9.17, 15) is 4.79 Å². The Morgan fingerprint density at radius 3 is 2.47 bits per heavy atom. The molecule has 4 heteroatoms. The van der Waals surface area contributed by atoms with Crippen molar-refractivity contribution in [2.24, 2.45) is 0 Å². The SMILES string of the molecule is COc1cc(OC)c2c(C)c(C(C)=O)oc2c1. The van der Waals surface area contributed by atoms with Gasteiger partial charge in [0.2, 0.25) is 0 Å². The zero-order chi connectivity index (χ0) is 12.6. The summed E-state index contributed by atoms with van der Waals surface area (Å²) in [4.78, 5) is 11.4. The standard InChI is InChI=1S/C13H14O4/c1-7-12-10(16-4)5-9(15-3)6-11(12)17-13(7)8(2)14/h5-6H,1-4H3. The number of ketones is 1. The van der Waals surface area contributed by atoms with Crippen LogP contribution in [0.15, 0.2) is 16.5 Å². The molecule has 17 heavy (non-hydrogen) atoms. The highest BCUT2D eigenvalue weighted by atomic mass is 16.5. The topological polar surface area (TPSA) is 48.7 Å². The van der Waals surface area contributed by atoms with Gasteiger partial charge in [0.1, 0.15) is 17.1 Å². The summed E-state index contributed by atoms with van der Waals surface area (Å²) in [7, 11) is 3.15. The monoisotopic (exact) mass is 234 g/mol. The van der Waals surface area contributed by atoms with Gasteiger partial charge in [0.15, 0.2) is 11.5 Å². The first-order valence-corrected chi connectivity index (χ1v) is 5.24. The van der Waals surface area contributed by atoms with Gasteiger partial charge in [-0.2, -0.15) is 0 Å². The van der Waals surface area contributed by atoms with Crippen molar-refractivity contribution in [3.8, 4) is 11.5 Å². The van der Waals surface area contributed by atoms with Crippen LogP contribution in [0.5, 0.6) is 11.5 Å². The molecule has 0 spiro atoms. The summed E-state index contributed by atoms with van der Waals surface area (Å²) < 4.78 is 16.0. The number of aryl methyl sites for hydroxylation is 1. The molecular weight excluding hydrogens is 220 g/mol. The number of hydrogen-bond acceptors (Lipinski definition) is 4. The Balaban J connectivity index is 2.81. The van der Waals surface area contributed by atoms with Crippen LogP contribution in [0.1, 0.15) is 23.0 Å². The van der Waals surface area contributed by atoms with Crippen LogP contribution in [-0.4, -0.2) is 20.0 Å². The highest BCUT2D eigenvalue weighted by molar-refractivity contribution is 6.01. The highest BCUT2D eigenvalue weighted by Gasteiger charge is 2.18. The second kappa shape index (κ2) is 4.13. The van der Waals surface area contributed by atoms with E-state index in [0.717, 1.165) is 10.9 Å². The summed E-state index contributed by atoms with van der Waals surface area (Å²) in [6.07, 6.45) is 0. The number of fused-ring (bicyclic) bond motifs is 1. The lowest BCUT2D eigenvalue weighted by atomic mass is 10.1. The average molecular weight is 234 g/mol. The first-order chi connectivity index (χ1) is 8.08. The first-order valence-electron chi connectivity index (χ1n) is 5.24. The molecule has 0 atom stereocenters. The van der Waals surface area contributed by atoms with E-state index in [1.165, 1.54) is 6.92 Å². The van der Waals surface area contributed by atoms with Gasteiger partial charge in [-0.1, -0.05) is 0 Å². The fraction of sp³-hybridized carbons (Fsp3) is 0.308.